The molecule has 4 N–H and O–H groups in total. The number of esters is 1. The first-order chi connectivity index (χ1) is 10.9. The molecule has 132 valence electrons. The normalized spacial score (nSPS) is 12.3. The molecule has 2 aromatic rings. The Hall–Kier alpha value is -1.78. The van der Waals surface area contributed by atoms with E-state index in [1.807, 2.05) is 12.1 Å². The Morgan fingerprint density at radius 3 is 2.42 bits per heavy atom. The minimum absolute atomic E-state index is 0.383. The molecule has 0 aliphatic carbocycles. The van der Waals surface area contributed by atoms with E-state index in [4.69, 9.17) is 32.0 Å². The summed E-state index contributed by atoms with van der Waals surface area (Å²) in [4.78, 5) is 23.3. The second-order valence-electron chi connectivity index (χ2n) is 4.45. The predicted octanol–water partition coefficient (Wildman–Crippen LogP) is 3.47. The molecule has 0 amide bonds. The summed E-state index contributed by atoms with van der Waals surface area (Å²) in [6.07, 6.45) is -3.50. The number of halogens is 5. The highest BCUT2D eigenvalue weighted by molar-refractivity contribution is 9.10. The molecule has 0 aliphatic heterocycles. The van der Waals surface area contributed by atoms with Crippen LogP contribution in [0.25, 0.3) is 10.9 Å². The van der Waals surface area contributed by atoms with Crippen LogP contribution in [0, 0.1) is 0 Å². The Bertz CT molecular complexity index is 761. The first kappa shape index (κ1) is 20.3. The van der Waals surface area contributed by atoms with E-state index >= 15 is 0 Å². The van der Waals surface area contributed by atoms with Crippen molar-refractivity contribution in [3.63, 3.8) is 0 Å². The highest BCUT2D eigenvalue weighted by Gasteiger charge is 2.38. The topological polar surface area (TPSA) is 105 Å². The van der Waals surface area contributed by atoms with Crippen LogP contribution >= 0.6 is 27.5 Å². The number of nitrogens with one attached hydrogen (secondary N) is 1. The number of H-pyrrole nitrogens is 1. The summed E-state index contributed by atoms with van der Waals surface area (Å²) in [5.41, 5.74) is 6.23. The zero-order chi connectivity index (χ0) is 18.7. The van der Waals surface area contributed by atoms with Crippen LogP contribution in [0.5, 0.6) is 5.75 Å². The summed E-state index contributed by atoms with van der Waals surface area (Å²) < 4.78 is 37.6. The maximum absolute atomic E-state index is 11.4. The molecule has 0 saturated heterocycles. The van der Waals surface area contributed by atoms with E-state index in [2.05, 4.69) is 20.9 Å². The Labute approximate surface area is 146 Å². The number of hydrogen-bond acceptors (Lipinski definition) is 4. The average Bonchev–Trinajstić information content (AvgIpc) is 2.86. The standard InChI is InChI=1S/C11H10BrClN2O2.C2HF3O2/c1-5(14)11(16)17-8-4-15-7-3-2-6(12)10(13)9(7)8;3-2(4,5)1(6)7/h2-5,15H,14H2,1H3;(H,6,7). The monoisotopic (exact) mass is 430 g/mol. The quantitative estimate of drug-likeness (QED) is 0.632. The number of aliphatic carboxylic acids is 1. The molecule has 0 spiro atoms. The Kier molecular flexibility index (Phi) is 6.64. The Morgan fingerprint density at radius 2 is 1.96 bits per heavy atom. The number of carbonyl (C=O) groups is 2. The lowest BCUT2D eigenvalue weighted by Gasteiger charge is -2.06. The van der Waals surface area contributed by atoms with Crippen LogP contribution in [0.2, 0.25) is 5.02 Å². The second kappa shape index (κ2) is 7.86. The zero-order valence-corrected chi connectivity index (χ0v) is 14.3. The molecule has 0 aliphatic rings. The van der Waals surface area contributed by atoms with Crippen LogP contribution < -0.4 is 10.5 Å². The molecule has 1 aromatic heterocycles. The number of aromatic nitrogens is 1. The van der Waals surface area contributed by atoms with Gasteiger partial charge in [-0.1, -0.05) is 11.6 Å². The van der Waals surface area contributed by atoms with Gasteiger partial charge in [0.15, 0.2) is 5.75 Å². The molecule has 0 bridgehead atoms. The number of rotatable bonds is 2. The molecule has 1 unspecified atom stereocenters. The summed E-state index contributed by atoms with van der Waals surface area (Å²) in [5.74, 6) is -2.87. The van der Waals surface area contributed by atoms with Gasteiger partial charge in [-0.2, -0.15) is 13.2 Å². The van der Waals surface area contributed by atoms with Crippen molar-refractivity contribution < 1.29 is 32.6 Å². The number of hydrogen-bond donors (Lipinski definition) is 3. The number of ether oxygens (including phenoxy) is 1. The smallest absolute Gasteiger partial charge is 0.475 e. The van der Waals surface area contributed by atoms with Crippen molar-refractivity contribution in [2.24, 2.45) is 5.73 Å². The van der Waals surface area contributed by atoms with Crippen LogP contribution in [0.4, 0.5) is 13.2 Å². The summed E-state index contributed by atoms with van der Waals surface area (Å²) in [6.45, 7) is 1.56. The lowest BCUT2D eigenvalue weighted by Crippen LogP contribution is -2.30. The van der Waals surface area contributed by atoms with E-state index in [-0.39, 0.29) is 0 Å². The number of benzene rings is 1. The number of aromatic amines is 1. The van der Waals surface area contributed by atoms with Crippen molar-refractivity contribution in [2.45, 2.75) is 19.1 Å². The van der Waals surface area contributed by atoms with E-state index in [1.54, 1.807) is 13.1 Å². The predicted molar refractivity (Wildman–Crippen MR) is 84.0 cm³/mol. The molecule has 1 heterocycles. The van der Waals surface area contributed by atoms with Crippen molar-refractivity contribution in [2.75, 3.05) is 0 Å². The minimum Gasteiger partial charge on any atom is -0.475 e. The number of carboxylic acid groups (broad SMARTS) is 1. The summed E-state index contributed by atoms with van der Waals surface area (Å²) >= 11 is 9.47. The Morgan fingerprint density at radius 1 is 1.42 bits per heavy atom. The van der Waals surface area contributed by atoms with Gasteiger partial charge in [0.1, 0.15) is 6.04 Å². The van der Waals surface area contributed by atoms with Crippen LogP contribution in [-0.4, -0.2) is 34.2 Å². The van der Waals surface area contributed by atoms with Crippen molar-refractivity contribution in [1.29, 1.82) is 0 Å². The number of carbonyl (C=O) groups excluding carboxylic acids is 1. The minimum atomic E-state index is -5.08. The molecule has 1 aromatic carbocycles. The van der Waals surface area contributed by atoms with E-state index in [9.17, 15) is 18.0 Å². The number of carboxylic acids is 1. The highest BCUT2D eigenvalue weighted by Crippen LogP contribution is 2.36. The molecule has 1 atom stereocenters. The average molecular weight is 432 g/mol. The highest BCUT2D eigenvalue weighted by atomic mass is 79.9. The maximum Gasteiger partial charge on any atom is 0.490 e. The van der Waals surface area contributed by atoms with Crippen molar-refractivity contribution >= 4 is 50.4 Å². The SMILES string of the molecule is CC(N)C(=O)Oc1c[nH]c2ccc(Br)c(Cl)c12.O=C(O)C(F)(F)F. The van der Waals surface area contributed by atoms with E-state index in [1.165, 1.54) is 0 Å². The molecule has 6 nitrogen and oxygen atoms in total. The first-order valence-corrected chi connectivity index (χ1v) is 7.34. The van der Waals surface area contributed by atoms with Gasteiger partial charge in [0.05, 0.1) is 15.9 Å². The molecule has 11 heteroatoms. The largest absolute Gasteiger partial charge is 0.490 e. The fraction of sp³-hybridized carbons (Fsp3) is 0.231. The first-order valence-electron chi connectivity index (χ1n) is 6.17. The number of nitrogens with two attached hydrogens (primary N) is 1. The van der Waals surface area contributed by atoms with Gasteiger partial charge in [-0.15, -0.1) is 0 Å². The van der Waals surface area contributed by atoms with Gasteiger partial charge in [-0.05, 0) is 35.0 Å². The summed E-state index contributed by atoms with van der Waals surface area (Å²) in [6, 6.07) is 2.98. The molecule has 0 radical (unpaired) electrons. The van der Waals surface area contributed by atoms with E-state index in [0.717, 1.165) is 9.99 Å². The lowest BCUT2D eigenvalue weighted by molar-refractivity contribution is -0.192. The third kappa shape index (κ3) is 5.11. The molecular formula is C13H11BrClF3N2O4. The van der Waals surface area contributed by atoms with Crippen molar-refractivity contribution in [3.05, 3.63) is 27.8 Å². The Balaban J connectivity index is 0.000000351. The van der Waals surface area contributed by atoms with Gasteiger partial charge in [0.2, 0.25) is 0 Å². The van der Waals surface area contributed by atoms with Gasteiger partial charge in [0.25, 0.3) is 0 Å². The zero-order valence-electron chi connectivity index (χ0n) is 11.9. The fourth-order valence-electron chi connectivity index (χ4n) is 1.41. The van der Waals surface area contributed by atoms with E-state index < -0.39 is 24.2 Å². The number of alkyl halides is 3. The van der Waals surface area contributed by atoms with Crippen LogP contribution in [-0.2, 0) is 9.59 Å². The van der Waals surface area contributed by atoms with Gasteiger partial charge in [-0.3, -0.25) is 0 Å². The molecule has 0 saturated carbocycles. The third-order valence-electron chi connectivity index (χ3n) is 2.52. The maximum atomic E-state index is 11.4. The van der Waals surface area contributed by atoms with Crippen LogP contribution in [0.3, 0.4) is 0 Å². The molecule has 24 heavy (non-hydrogen) atoms. The van der Waals surface area contributed by atoms with Gasteiger partial charge < -0.3 is 20.6 Å². The van der Waals surface area contributed by atoms with E-state index in [0.29, 0.717) is 16.2 Å². The summed E-state index contributed by atoms with van der Waals surface area (Å²) in [5, 5.41) is 8.28. The second-order valence-corrected chi connectivity index (χ2v) is 5.68. The van der Waals surface area contributed by atoms with Gasteiger partial charge in [0, 0.05) is 10.7 Å². The molecular weight excluding hydrogens is 421 g/mol. The molecule has 0 fully saturated rings. The number of fused-ring (bicyclic) bond motifs is 1. The van der Waals surface area contributed by atoms with Gasteiger partial charge in [-0.25, -0.2) is 9.59 Å². The molecule has 2 rings (SSSR count). The fourth-order valence-corrected chi connectivity index (χ4v) is 2.00. The third-order valence-corrected chi connectivity index (χ3v) is 3.81. The lowest BCUT2D eigenvalue weighted by atomic mass is 10.2. The van der Waals surface area contributed by atoms with Crippen LogP contribution in [0.1, 0.15) is 6.92 Å². The van der Waals surface area contributed by atoms with Crippen LogP contribution in [0.15, 0.2) is 22.8 Å². The van der Waals surface area contributed by atoms with Crippen molar-refractivity contribution in [3.8, 4) is 5.75 Å². The summed E-state index contributed by atoms with van der Waals surface area (Å²) in [7, 11) is 0. The van der Waals surface area contributed by atoms with Gasteiger partial charge >= 0.3 is 18.1 Å². The van der Waals surface area contributed by atoms with Crippen molar-refractivity contribution in [1.82, 2.24) is 4.98 Å².